The van der Waals surface area contributed by atoms with Crippen molar-refractivity contribution in [1.29, 1.82) is 0 Å². The number of fused-ring (bicyclic) bond motifs is 10. The summed E-state index contributed by atoms with van der Waals surface area (Å²) in [7, 11) is 0. The van der Waals surface area contributed by atoms with Crippen LogP contribution < -0.4 is 4.90 Å². The Morgan fingerprint density at radius 2 is 0.915 bits per heavy atom. The van der Waals surface area contributed by atoms with Crippen molar-refractivity contribution in [2.24, 2.45) is 0 Å². The highest BCUT2D eigenvalue weighted by molar-refractivity contribution is 6.46. The molecule has 0 heterocycles. The lowest BCUT2D eigenvalue weighted by Crippen LogP contribution is -2.17. The van der Waals surface area contributed by atoms with Gasteiger partial charge in [-0.1, -0.05) is 158 Å². The molecule has 0 saturated heterocycles. The molecule has 1 aliphatic carbocycles. The van der Waals surface area contributed by atoms with Gasteiger partial charge in [0, 0.05) is 17.1 Å². The summed E-state index contributed by atoms with van der Waals surface area (Å²) >= 11 is 0. The second-order valence-corrected chi connectivity index (χ2v) is 16.2. The molecule has 0 saturated carbocycles. The van der Waals surface area contributed by atoms with Gasteiger partial charge in [0.25, 0.3) is 0 Å². The Balaban J connectivity index is 1.25. The first kappa shape index (κ1) is 32.6. The maximum Gasteiger partial charge on any atom is 0.0464 e. The first-order valence-electron chi connectivity index (χ1n) is 20.8. The average molecular weight is 748 g/mol. The molecule has 0 N–H and O–H groups in total. The summed E-state index contributed by atoms with van der Waals surface area (Å²) in [5, 5.41) is 21.0. The molecule has 0 spiro atoms. The van der Waals surface area contributed by atoms with E-state index in [2.05, 4.69) is 205 Å². The van der Waals surface area contributed by atoms with Gasteiger partial charge in [0.05, 0.1) is 0 Å². The fraction of sp³-hybridized carbons (Fsp3) is 0.0345. The van der Waals surface area contributed by atoms with Crippen LogP contribution in [0.1, 0.15) is 12.8 Å². The zero-order valence-electron chi connectivity index (χ0n) is 32.4. The Labute approximate surface area is 342 Å². The summed E-state index contributed by atoms with van der Waals surface area (Å²) in [5.74, 6) is 0. The fourth-order valence-corrected chi connectivity index (χ4v) is 10.8. The maximum atomic E-state index is 2.53. The van der Waals surface area contributed by atoms with Crippen molar-refractivity contribution in [1.82, 2.24) is 0 Å². The molecule has 1 nitrogen and oxygen atoms in total. The molecule has 0 bridgehead atoms. The minimum Gasteiger partial charge on any atom is -0.314 e. The molecule has 12 aromatic carbocycles. The number of benzene rings is 10. The van der Waals surface area contributed by atoms with Crippen LogP contribution in [0.5, 0.6) is 0 Å². The van der Waals surface area contributed by atoms with Crippen LogP contribution in [0.25, 0.3) is 108 Å². The molecule has 12 aromatic rings. The van der Waals surface area contributed by atoms with Crippen molar-refractivity contribution in [3.63, 3.8) is 0 Å². The Kier molecular flexibility index (Phi) is 6.91. The van der Waals surface area contributed by atoms with Gasteiger partial charge < -0.3 is 4.90 Å². The number of rotatable bonds is 5. The van der Waals surface area contributed by atoms with E-state index in [1.165, 1.54) is 126 Å². The van der Waals surface area contributed by atoms with E-state index in [0.29, 0.717) is 0 Å². The van der Waals surface area contributed by atoms with Crippen molar-refractivity contribution in [3.05, 3.63) is 206 Å². The van der Waals surface area contributed by atoms with Gasteiger partial charge >= 0.3 is 0 Å². The molecule has 0 unspecified atom stereocenters. The average Bonchev–Trinajstić information content (AvgIpc) is 3.80. The molecule has 0 fully saturated rings. The van der Waals surface area contributed by atoms with E-state index in [4.69, 9.17) is 0 Å². The summed E-state index contributed by atoms with van der Waals surface area (Å²) in [6.45, 7) is 0. The minimum absolute atomic E-state index is 1.00. The van der Waals surface area contributed by atoms with Gasteiger partial charge in [-0.25, -0.2) is 0 Å². The largest absolute Gasteiger partial charge is 0.314 e. The Hall–Kier alpha value is -7.48. The molecule has 0 amide bonds. The van der Waals surface area contributed by atoms with Crippen molar-refractivity contribution >= 4 is 97.6 Å². The predicted molar refractivity (Wildman–Crippen MR) is 255 cm³/mol. The van der Waals surface area contributed by atoms with Crippen LogP contribution in [0.4, 0.5) is 11.4 Å². The maximum absolute atomic E-state index is 2.53. The van der Waals surface area contributed by atoms with E-state index in [-0.39, 0.29) is 0 Å². The molecule has 13 rings (SSSR count). The third-order valence-electron chi connectivity index (χ3n) is 13.1. The van der Waals surface area contributed by atoms with Gasteiger partial charge in [0.2, 0.25) is 0 Å². The predicted octanol–water partition coefficient (Wildman–Crippen LogP) is 16.5. The zero-order valence-corrected chi connectivity index (χ0v) is 32.4. The van der Waals surface area contributed by atoms with Gasteiger partial charge in [0.15, 0.2) is 0 Å². The number of para-hydroxylation sites is 1. The number of nitrogens with zero attached hydrogens (tertiary/aromatic N) is 1. The molecule has 274 valence electrons. The van der Waals surface area contributed by atoms with Gasteiger partial charge in [-0.05, 0) is 164 Å². The van der Waals surface area contributed by atoms with Gasteiger partial charge in [-0.15, -0.1) is 0 Å². The number of anilines is 2. The van der Waals surface area contributed by atoms with Crippen LogP contribution in [0, 0.1) is 0 Å². The van der Waals surface area contributed by atoms with Crippen molar-refractivity contribution in [2.75, 3.05) is 4.90 Å². The van der Waals surface area contributed by atoms with E-state index in [9.17, 15) is 0 Å². The van der Waals surface area contributed by atoms with Crippen LogP contribution in [0.15, 0.2) is 206 Å². The number of hydrogen-bond donors (Lipinski definition) is 0. The molecule has 0 radical (unpaired) electrons. The van der Waals surface area contributed by atoms with E-state index < -0.39 is 0 Å². The second kappa shape index (κ2) is 12.5. The molecular formula is C58H37N. The Bertz CT molecular complexity index is 3690. The monoisotopic (exact) mass is 747 g/mol. The fourth-order valence-electron chi connectivity index (χ4n) is 10.8. The van der Waals surface area contributed by atoms with E-state index in [0.717, 1.165) is 12.8 Å². The molecule has 59 heavy (non-hydrogen) atoms. The minimum atomic E-state index is 1.00. The van der Waals surface area contributed by atoms with E-state index in [1.807, 2.05) is 0 Å². The summed E-state index contributed by atoms with van der Waals surface area (Å²) in [6.07, 6.45) is 8.80. The lowest BCUT2D eigenvalue weighted by atomic mass is 9.84. The topological polar surface area (TPSA) is 3.24 Å². The third kappa shape index (κ3) is 4.62. The molecular weight excluding hydrogens is 711 g/mol. The zero-order chi connectivity index (χ0) is 38.6. The number of allylic oxidation sites excluding steroid dienone is 4. The van der Waals surface area contributed by atoms with Crippen LogP contribution in [0.2, 0.25) is 0 Å². The SMILES string of the molecule is C1=CCCC(N(c2ccccc2)c2ccc3c(c2)cc2c4c(-c5ccccc5)c5c(cc6c7ccccc7c7cccc5c76)c(-c5ccccc5)c4c4cccc3c42)=C1. The summed E-state index contributed by atoms with van der Waals surface area (Å²) in [4.78, 5) is 2.45. The number of hydrogen-bond acceptors (Lipinski definition) is 1. The first-order chi connectivity index (χ1) is 29.3. The summed E-state index contributed by atoms with van der Waals surface area (Å²) < 4.78 is 0. The lowest BCUT2D eigenvalue weighted by Gasteiger charge is -2.29. The van der Waals surface area contributed by atoms with Crippen molar-refractivity contribution in [3.8, 4) is 22.3 Å². The molecule has 1 aliphatic rings. The lowest BCUT2D eigenvalue weighted by molar-refractivity contribution is 0.918. The molecule has 0 atom stereocenters. The normalized spacial score (nSPS) is 13.3. The van der Waals surface area contributed by atoms with Crippen LogP contribution in [0.3, 0.4) is 0 Å². The third-order valence-corrected chi connectivity index (χ3v) is 13.1. The van der Waals surface area contributed by atoms with Crippen LogP contribution in [-0.4, -0.2) is 0 Å². The second-order valence-electron chi connectivity index (χ2n) is 16.2. The van der Waals surface area contributed by atoms with E-state index in [1.54, 1.807) is 0 Å². The van der Waals surface area contributed by atoms with Gasteiger partial charge in [0.1, 0.15) is 0 Å². The molecule has 0 aromatic heterocycles. The van der Waals surface area contributed by atoms with Crippen molar-refractivity contribution in [2.45, 2.75) is 12.8 Å². The smallest absolute Gasteiger partial charge is 0.0464 e. The Morgan fingerprint density at radius 1 is 0.339 bits per heavy atom. The highest BCUT2D eigenvalue weighted by Crippen LogP contribution is 2.55. The van der Waals surface area contributed by atoms with E-state index >= 15 is 0 Å². The molecule has 0 aliphatic heterocycles. The van der Waals surface area contributed by atoms with Gasteiger partial charge in [-0.3, -0.25) is 0 Å². The summed E-state index contributed by atoms with van der Waals surface area (Å²) in [6, 6.07) is 68.3. The quantitative estimate of drug-likeness (QED) is 0.159. The standard InChI is InChI=1S/C58H37N/c1-5-17-36(18-6-1)52-51-35-49-44-26-14-13-25-43(44)46-28-16-29-47(54(46)49)56(51)53(37-19-7-2-8-20-37)58-50-34-38-33-41(31-32-42(38)45-27-15-30-48(55(45)50)57(52)58)59(39-21-9-3-10-22-39)40-23-11-4-12-24-40/h1-11,13-23,25-35H,12,24H2. The summed E-state index contributed by atoms with van der Waals surface area (Å²) in [5.41, 5.74) is 8.78. The first-order valence-corrected chi connectivity index (χ1v) is 20.8. The van der Waals surface area contributed by atoms with Crippen molar-refractivity contribution < 1.29 is 0 Å². The highest BCUT2D eigenvalue weighted by Gasteiger charge is 2.27. The van der Waals surface area contributed by atoms with Crippen LogP contribution >= 0.6 is 0 Å². The molecule has 1 heteroatoms. The van der Waals surface area contributed by atoms with Crippen LogP contribution in [-0.2, 0) is 0 Å². The Morgan fingerprint density at radius 3 is 1.63 bits per heavy atom. The highest BCUT2D eigenvalue weighted by atomic mass is 15.1. The van der Waals surface area contributed by atoms with Gasteiger partial charge in [-0.2, -0.15) is 0 Å².